The topological polar surface area (TPSA) is 82.8 Å². The van der Waals surface area contributed by atoms with E-state index in [1.54, 1.807) is 0 Å². The van der Waals surface area contributed by atoms with Crippen LogP contribution in [0.4, 0.5) is 0 Å². The second-order valence-corrected chi connectivity index (χ2v) is 2.59. The summed E-state index contributed by atoms with van der Waals surface area (Å²) in [6.07, 6.45) is 1.32. The Balaban J connectivity index is 2.81. The number of rotatable bonds is 3. The number of pyridine rings is 1. The maximum atomic E-state index is 8.78. The Morgan fingerprint density at radius 3 is 2.46 bits per heavy atom. The third-order valence-corrected chi connectivity index (χ3v) is 1.47. The predicted molar refractivity (Wildman–Crippen MR) is 47.5 cm³/mol. The minimum absolute atomic E-state index is 0.177. The molecule has 5 nitrogen and oxygen atoms in total. The summed E-state index contributed by atoms with van der Waals surface area (Å²) in [6, 6.07) is 2.80. The number of ether oxygens (including phenoxy) is 1. The van der Waals surface area contributed by atoms with Crippen molar-refractivity contribution < 1.29 is 19.8 Å². The van der Waals surface area contributed by atoms with E-state index in [-0.39, 0.29) is 5.59 Å². The van der Waals surface area contributed by atoms with E-state index in [9.17, 15) is 0 Å². The van der Waals surface area contributed by atoms with Gasteiger partial charge in [-0.2, -0.15) is 0 Å². The lowest BCUT2D eigenvalue weighted by molar-refractivity contribution is 0.248. The highest BCUT2D eigenvalue weighted by molar-refractivity contribution is 6.70. The quantitative estimate of drug-likeness (QED) is 0.503. The van der Waals surface area contributed by atoms with Crippen molar-refractivity contribution in [2.45, 2.75) is 6.92 Å². The van der Waals surface area contributed by atoms with Crippen LogP contribution in [0.1, 0.15) is 6.92 Å². The van der Waals surface area contributed by atoms with Crippen molar-refractivity contribution >= 4 is 12.3 Å². The molecular weight excluding hydrogens is 173 g/mol. The molecule has 1 aromatic rings. The molecule has 0 bridgehead atoms. The largest absolute Gasteiger partial charge is 0.555 e. The third kappa shape index (κ3) is 2.69. The van der Waals surface area contributed by atoms with Crippen molar-refractivity contribution in [2.24, 2.45) is 0 Å². The molecule has 3 N–H and O–H groups in total. The summed E-state index contributed by atoms with van der Waals surface area (Å²) in [5, 5.41) is 26.3. The minimum atomic E-state index is -3.50. The highest BCUT2D eigenvalue weighted by atomic mass is 16.5. The van der Waals surface area contributed by atoms with Gasteiger partial charge in [0.25, 0.3) is 0 Å². The van der Waals surface area contributed by atoms with Gasteiger partial charge in [0.15, 0.2) is 0 Å². The molecule has 1 aromatic heterocycles. The van der Waals surface area contributed by atoms with Crippen LogP contribution in [-0.4, -0.2) is 33.4 Å². The molecular formula is C7H11BNO4-. The molecule has 0 saturated carbocycles. The summed E-state index contributed by atoms with van der Waals surface area (Å²) in [4.78, 5) is 3.62. The molecule has 6 heteroatoms. The molecule has 0 aliphatic rings. The van der Waals surface area contributed by atoms with E-state index in [4.69, 9.17) is 19.8 Å². The van der Waals surface area contributed by atoms with E-state index in [0.29, 0.717) is 12.4 Å². The van der Waals surface area contributed by atoms with Crippen LogP contribution in [-0.2, 0) is 0 Å². The molecule has 0 atom stereocenters. The van der Waals surface area contributed by atoms with Crippen LogP contribution >= 0.6 is 0 Å². The lowest BCUT2D eigenvalue weighted by Gasteiger charge is -2.19. The molecule has 0 aliphatic carbocycles. The Kier molecular flexibility index (Phi) is 2.87. The molecule has 1 rings (SSSR count). The molecule has 0 fully saturated rings. The Hall–Kier alpha value is -1.11. The van der Waals surface area contributed by atoms with Crippen molar-refractivity contribution in [1.29, 1.82) is 0 Å². The average molecular weight is 184 g/mol. The Bertz CT molecular complexity index is 269. The summed E-state index contributed by atoms with van der Waals surface area (Å²) in [6.45, 7) is -1.16. The van der Waals surface area contributed by atoms with Gasteiger partial charge in [-0.1, -0.05) is 6.07 Å². The van der Waals surface area contributed by atoms with Gasteiger partial charge >= 0.3 is 6.75 Å². The average Bonchev–Trinajstić information content (AvgIpc) is 2.04. The van der Waals surface area contributed by atoms with Crippen molar-refractivity contribution in [3.8, 4) is 5.75 Å². The van der Waals surface area contributed by atoms with Gasteiger partial charge in [0.1, 0.15) is 5.75 Å². The van der Waals surface area contributed by atoms with E-state index >= 15 is 0 Å². The van der Waals surface area contributed by atoms with E-state index in [2.05, 4.69) is 4.98 Å². The van der Waals surface area contributed by atoms with Crippen LogP contribution < -0.4 is 10.3 Å². The molecule has 13 heavy (non-hydrogen) atoms. The zero-order valence-electron chi connectivity index (χ0n) is 7.21. The smallest absolute Gasteiger partial charge is 0.420 e. The third-order valence-electron chi connectivity index (χ3n) is 1.47. The van der Waals surface area contributed by atoms with Crippen LogP contribution in [0.5, 0.6) is 5.75 Å². The van der Waals surface area contributed by atoms with Crippen LogP contribution in [0.15, 0.2) is 18.3 Å². The summed E-state index contributed by atoms with van der Waals surface area (Å²) in [5.41, 5.74) is -0.177. The molecule has 0 radical (unpaired) electrons. The van der Waals surface area contributed by atoms with Gasteiger partial charge in [0.05, 0.1) is 12.8 Å². The van der Waals surface area contributed by atoms with Gasteiger partial charge < -0.3 is 19.8 Å². The van der Waals surface area contributed by atoms with E-state index in [0.717, 1.165) is 0 Å². The minimum Gasteiger partial charge on any atom is -0.555 e. The Morgan fingerprint density at radius 2 is 2.08 bits per heavy atom. The van der Waals surface area contributed by atoms with Crippen molar-refractivity contribution in [2.75, 3.05) is 6.61 Å². The Labute approximate surface area is 75.6 Å². The van der Waals surface area contributed by atoms with Crippen molar-refractivity contribution in [3.05, 3.63) is 18.3 Å². The van der Waals surface area contributed by atoms with Gasteiger partial charge in [-0.25, -0.2) is 0 Å². The number of hydrogen-bond acceptors (Lipinski definition) is 5. The first-order valence-corrected chi connectivity index (χ1v) is 3.94. The van der Waals surface area contributed by atoms with Crippen molar-refractivity contribution in [3.63, 3.8) is 0 Å². The maximum absolute atomic E-state index is 8.78. The van der Waals surface area contributed by atoms with Crippen LogP contribution in [0.2, 0.25) is 0 Å². The molecule has 0 aromatic carbocycles. The fraction of sp³-hybridized carbons (Fsp3) is 0.286. The summed E-state index contributed by atoms with van der Waals surface area (Å²) in [7, 11) is 0. The lowest BCUT2D eigenvalue weighted by Crippen LogP contribution is -2.50. The predicted octanol–water partition coefficient (Wildman–Crippen LogP) is -1.40. The highest BCUT2D eigenvalue weighted by Gasteiger charge is 2.19. The van der Waals surface area contributed by atoms with E-state index in [1.807, 2.05) is 6.92 Å². The van der Waals surface area contributed by atoms with Crippen LogP contribution in [0, 0.1) is 0 Å². The highest BCUT2D eigenvalue weighted by Crippen LogP contribution is 2.05. The summed E-state index contributed by atoms with van der Waals surface area (Å²) < 4.78 is 5.07. The first-order chi connectivity index (χ1) is 6.04. The zero-order chi connectivity index (χ0) is 9.90. The van der Waals surface area contributed by atoms with Gasteiger partial charge in [0, 0.05) is 0 Å². The van der Waals surface area contributed by atoms with Gasteiger partial charge in [-0.05, 0) is 18.6 Å². The SMILES string of the molecule is CCOc1ccc([B-](O)(O)O)nc1. The lowest BCUT2D eigenvalue weighted by atomic mass is 9.75. The molecule has 0 amide bonds. The first-order valence-electron chi connectivity index (χ1n) is 3.94. The molecule has 0 aliphatic heterocycles. The van der Waals surface area contributed by atoms with Gasteiger partial charge in [0.2, 0.25) is 0 Å². The molecule has 0 unspecified atom stereocenters. The van der Waals surface area contributed by atoms with Crippen molar-refractivity contribution in [1.82, 2.24) is 4.98 Å². The standard InChI is InChI=1S/C7H11BNO4/c1-2-13-6-3-4-7(9-5-6)8(10,11)12/h3-5,10-12H,2H2,1H3/q-1. The second-order valence-electron chi connectivity index (χ2n) is 2.59. The fourth-order valence-corrected chi connectivity index (χ4v) is 0.873. The van der Waals surface area contributed by atoms with Crippen LogP contribution in [0.25, 0.3) is 0 Å². The molecule has 1 heterocycles. The second kappa shape index (κ2) is 3.74. The van der Waals surface area contributed by atoms with Gasteiger partial charge in [-0.3, -0.25) is 4.98 Å². The number of nitrogens with zero attached hydrogens (tertiary/aromatic N) is 1. The Morgan fingerprint density at radius 1 is 1.38 bits per heavy atom. The number of aromatic nitrogens is 1. The fourth-order valence-electron chi connectivity index (χ4n) is 0.873. The maximum Gasteiger partial charge on any atom is 0.420 e. The molecule has 0 saturated heterocycles. The molecule has 0 spiro atoms. The van der Waals surface area contributed by atoms with Crippen LogP contribution in [0.3, 0.4) is 0 Å². The van der Waals surface area contributed by atoms with Gasteiger partial charge in [-0.15, -0.1) is 0 Å². The summed E-state index contributed by atoms with van der Waals surface area (Å²) >= 11 is 0. The first kappa shape index (κ1) is 9.98. The molecule has 72 valence electrons. The number of hydrogen-bond donors (Lipinski definition) is 3. The zero-order valence-corrected chi connectivity index (χ0v) is 7.21. The summed E-state index contributed by atoms with van der Waals surface area (Å²) in [5.74, 6) is 0.520. The van der Waals surface area contributed by atoms with E-state index in [1.165, 1.54) is 18.3 Å². The van der Waals surface area contributed by atoms with E-state index < -0.39 is 6.75 Å². The monoisotopic (exact) mass is 184 g/mol. The normalized spacial score (nSPS) is 11.4.